The summed E-state index contributed by atoms with van der Waals surface area (Å²) in [5.41, 5.74) is 14.2. The van der Waals surface area contributed by atoms with Gasteiger partial charge in [0.25, 0.3) is 25.8 Å². The van der Waals surface area contributed by atoms with Crippen LogP contribution >= 0.6 is 0 Å². The molecule has 0 atom stereocenters. The number of benzene rings is 2. The van der Waals surface area contributed by atoms with E-state index in [4.69, 9.17) is 11.5 Å². The van der Waals surface area contributed by atoms with Gasteiger partial charge in [-0.05, 0) is 30.3 Å². The van der Waals surface area contributed by atoms with Crippen molar-refractivity contribution in [3.8, 4) is 0 Å². The first kappa shape index (κ1) is 27.0. The molecule has 1 amide bonds. The van der Waals surface area contributed by atoms with Crippen molar-refractivity contribution in [1.82, 2.24) is 9.97 Å². The molecule has 0 saturated carbocycles. The quantitative estimate of drug-likeness (QED) is 0.111. The Labute approximate surface area is 208 Å². The first-order valence-corrected chi connectivity index (χ1v) is 12.6. The number of H-pyrrole nitrogens is 1. The number of rotatable bonds is 8. The van der Waals surface area contributed by atoms with E-state index in [2.05, 4.69) is 36.4 Å². The molecule has 19 heteroatoms. The highest BCUT2D eigenvalue weighted by atomic mass is 32.2. The van der Waals surface area contributed by atoms with Crippen LogP contribution in [0.2, 0.25) is 0 Å². The number of azo groups is 1. The Kier molecular flexibility index (Phi) is 7.43. The molecule has 1 aromatic heterocycles. The number of hydrogen-bond donors (Lipinski definition) is 8. The van der Waals surface area contributed by atoms with Crippen LogP contribution in [0.15, 0.2) is 61.2 Å². The highest BCUT2D eigenvalue weighted by Gasteiger charge is 2.21. The second kappa shape index (κ2) is 10.2. The number of nitrogens with zero attached hydrogens (tertiary/aromatic N) is 3. The van der Waals surface area contributed by atoms with Crippen LogP contribution < -0.4 is 33.2 Å². The zero-order chi connectivity index (χ0) is 27.5. The van der Waals surface area contributed by atoms with Crippen LogP contribution in [0.25, 0.3) is 0 Å². The number of hydrogen-bond acceptors (Lipinski definition) is 13. The van der Waals surface area contributed by atoms with E-state index in [1.54, 1.807) is 0 Å². The lowest BCUT2D eigenvalue weighted by Crippen LogP contribution is -2.15. The number of aromatic nitrogens is 2. The lowest BCUT2D eigenvalue weighted by Gasteiger charge is -2.16. The van der Waals surface area contributed by atoms with Crippen LogP contribution in [0, 0.1) is 0 Å². The van der Waals surface area contributed by atoms with Crippen LogP contribution in [0.1, 0.15) is 6.92 Å². The van der Waals surface area contributed by atoms with Crippen LogP contribution in [0.3, 0.4) is 0 Å². The van der Waals surface area contributed by atoms with Crippen LogP contribution in [0.4, 0.5) is 40.2 Å². The summed E-state index contributed by atoms with van der Waals surface area (Å²) in [5, 5.41) is 9.69. The predicted octanol–water partition coefficient (Wildman–Crippen LogP) is 1.24. The Balaban J connectivity index is 2.08. The van der Waals surface area contributed by atoms with Crippen molar-refractivity contribution >= 4 is 66.3 Å². The maximum absolute atomic E-state index is 12.1. The standard InChI is InChI=1S/C18H19N9O8S2/c1-8(28)21-11-6-13(26-27-15-16(19)22-18(20)23-17(15)29)14(37(33,34)35)7-12(11)25-24-9-3-2-4-10(5-9)36(30,31)32/h2-7,24-25H,1H3,(H,21,28)(H,30,31,32)(H,33,34,35)(H5,19,20,22,23,29). The number of carbonyl (C=O) groups excluding carboxylic acids is 1. The molecule has 0 spiro atoms. The van der Waals surface area contributed by atoms with Gasteiger partial charge in [0.1, 0.15) is 10.6 Å². The van der Waals surface area contributed by atoms with Gasteiger partial charge in [-0.1, -0.05) is 6.07 Å². The summed E-state index contributed by atoms with van der Waals surface area (Å²) in [6.45, 7) is 1.16. The van der Waals surface area contributed by atoms with Crippen molar-refractivity contribution in [2.24, 2.45) is 10.2 Å². The molecule has 0 bridgehead atoms. The maximum Gasteiger partial charge on any atom is 0.296 e. The lowest BCUT2D eigenvalue weighted by molar-refractivity contribution is -0.114. The molecule has 0 aliphatic rings. The summed E-state index contributed by atoms with van der Waals surface area (Å²) in [4.78, 5) is 28.3. The molecule has 0 aliphatic heterocycles. The van der Waals surface area contributed by atoms with Gasteiger partial charge in [0.15, 0.2) is 11.5 Å². The summed E-state index contributed by atoms with van der Waals surface area (Å²) in [6, 6.07) is 6.82. The van der Waals surface area contributed by atoms with Crippen molar-refractivity contribution in [1.29, 1.82) is 0 Å². The second-order valence-electron chi connectivity index (χ2n) is 7.16. The Bertz CT molecular complexity index is 1690. The van der Waals surface area contributed by atoms with Gasteiger partial charge in [-0.25, -0.2) is 0 Å². The molecule has 0 radical (unpaired) electrons. The lowest BCUT2D eigenvalue weighted by atomic mass is 10.2. The molecule has 37 heavy (non-hydrogen) atoms. The fourth-order valence-electron chi connectivity index (χ4n) is 2.83. The molecule has 0 fully saturated rings. The molecule has 0 saturated heterocycles. The average molecular weight is 554 g/mol. The molecule has 3 aromatic rings. The summed E-state index contributed by atoms with van der Waals surface area (Å²) < 4.78 is 65.8. The normalized spacial score (nSPS) is 11.9. The predicted molar refractivity (Wildman–Crippen MR) is 132 cm³/mol. The van der Waals surface area contributed by atoms with Gasteiger partial charge in [-0.2, -0.15) is 21.8 Å². The van der Waals surface area contributed by atoms with E-state index in [0.29, 0.717) is 0 Å². The first-order chi connectivity index (χ1) is 17.1. The number of amides is 1. The zero-order valence-corrected chi connectivity index (χ0v) is 20.3. The molecular weight excluding hydrogens is 534 g/mol. The van der Waals surface area contributed by atoms with Crippen molar-refractivity contribution in [2.45, 2.75) is 16.7 Å². The molecule has 0 aliphatic carbocycles. The fraction of sp³-hybridized carbons (Fsp3) is 0.0556. The van der Waals surface area contributed by atoms with E-state index < -0.39 is 58.7 Å². The Morgan fingerprint density at radius 3 is 2.30 bits per heavy atom. The van der Waals surface area contributed by atoms with Crippen molar-refractivity contribution in [3.63, 3.8) is 0 Å². The number of aromatic amines is 1. The van der Waals surface area contributed by atoms with Gasteiger partial charge in [0, 0.05) is 6.92 Å². The van der Waals surface area contributed by atoms with Crippen molar-refractivity contribution in [3.05, 3.63) is 46.8 Å². The third-order valence-corrected chi connectivity index (χ3v) is 6.09. The Hall–Kier alpha value is -4.59. The monoisotopic (exact) mass is 553 g/mol. The zero-order valence-electron chi connectivity index (χ0n) is 18.6. The summed E-state index contributed by atoms with van der Waals surface area (Å²) >= 11 is 0. The third-order valence-electron chi connectivity index (χ3n) is 4.36. The van der Waals surface area contributed by atoms with Gasteiger partial charge >= 0.3 is 0 Å². The van der Waals surface area contributed by atoms with E-state index in [1.165, 1.54) is 12.1 Å². The average Bonchev–Trinajstić information content (AvgIpc) is 2.76. The van der Waals surface area contributed by atoms with E-state index in [1.807, 2.05) is 0 Å². The molecule has 17 nitrogen and oxygen atoms in total. The molecular formula is C18H19N9O8S2. The fourth-order valence-corrected chi connectivity index (χ4v) is 3.98. The minimum absolute atomic E-state index is 0.0652. The van der Waals surface area contributed by atoms with E-state index >= 15 is 0 Å². The van der Waals surface area contributed by atoms with Gasteiger partial charge in [0.05, 0.1) is 22.0 Å². The van der Waals surface area contributed by atoms with E-state index in [9.17, 15) is 35.5 Å². The molecule has 10 N–H and O–H groups in total. The largest absolute Gasteiger partial charge is 0.382 e. The van der Waals surface area contributed by atoms with Gasteiger partial charge < -0.3 is 22.2 Å². The number of nitrogen functional groups attached to an aromatic ring is 2. The SMILES string of the molecule is CC(=O)Nc1cc(N=Nc2c(N)nc(N)[nH]c2=O)c(S(=O)(=O)O)cc1NNc1cccc(S(=O)(=O)O)c1. The molecule has 3 rings (SSSR count). The van der Waals surface area contributed by atoms with E-state index in [-0.39, 0.29) is 23.0 Å². The van der Waals surface area contributed by atoms with E-state index in [0.717, 1.165) is 31.2 Å². The van der Waals surface area contributed by atoms with Crippen LogP contribution in [0.5, 0.6) is 0 Å². The Morgan fingerprint density at radius 2 is 1.70 bits per heavy atom. The molecule has 2 aromatic carbocycles. The van der Waals surface area contributed by atoms with Crippen LogP contribution in [-0.4, -0.2) is 41.8 Å². The highest BCUT2D eigenvalue weighted by molar-refractivity contribution is 7.86. The molecule has 196 valence electrons. The summed E-state index contributed by atoms with van der Waals surface area (Å²) in [7, 11) is -9.45. The minimum Gasteiger partial charge on any atom is -0.382 e. The minimum atomic E-state index is -4.94. The first-order valence-electron chi connectivity index (χ1n) is 9.75. The maximum atomic E-state index is 12.1. The third kappa shape index (κ3) is 6.76. The molecule has 1 heterocycles. The summed E-state index contributed by atoms with van der Waals surface area (Å²) in [5.74, 6) is -1.28. The van der Waals surface area contributed by atoms with Gasteiger partial charge in [-0.15, -0.1) is 10.2 Å². The van der Waals surface area contributed by atoms with Crippen LogP contribution in [-0.2, 0) is 25.0 Å². The second-order valence-corrected chi connectivity index (χ2v) is 9.97. The Morgan fingerprint density at radius 1 is 1.00 bits per heavy atom. The number of nitrogens with one attached hydrogen (secondary N) is 4. The van der Waals surface area contributed by atoms with Crippen molar-refractivity contribution in [2.75, 3.05) is 27.6 Å². The topological polar surface area (TPSA) is 284 Å². The van der Waals surface area contributed by atoms with Gasteiger partial charge in [-0.3, -0.25) is 29.1 Å². The number of carbonyl (C=O) groups is 1. The van der Waals surface area contributed by atoms with Crippen molar-refractivity contribution < 1.29 is 30.7 Å². The number of anilines is 5. The highest BCUT2D eigenvalue weighted by Crippen LogP contribution is 2.35. The number of nitrogens with two attached hydrogens (primary N) is 2. The summed E-state index contributed by atoms with van der Waals surface area (Å²) in [6.07, 6.45) is 0. The van der Waals surface area contributed by atoms with Gasteiger partial charge in [0.2, 0.25) is 11.9 Å². The smallest absolute Gasteiger partial charge is 0.296 e. The number of hydrazine groups is 1. The molecule has 0 unspecified atom stereocenters.